The van der Waals surface area contributed by atoms with Crippen LogP contribution >= 0.6 is 0 Å². The quantitative estimate of drug-likeness (QED) is 0.873. The zero-order valence-corrected chi connectivity index (χ0v) is 11.1. The number of nitrogens with two attached hydrogens (primary N) is 1. The maximum absolute atomic E-state index is 6.40. The summed E-state index contributed by atoms with van der Waals surface area (Å²) in [7, 11) is 0. The molecule has 0 aliphatic carbocycles. The highest BCUT2D eigenvalue weighted by Gasteiger charge is 2.37. The maximum atomic E-state index is 6.40. The van der Waals surface area contributed by atoms with Crippen molar-refractivity contribution in [2.45, 2.75) is 50.9 Å². The zero-order chi connectivity index (χ0) is 12.8. The second-order valence-corrected chi connectivity index (χ2v) is 5.74. The normalized spacial score (nSPS) is 32.1. The molecule has 3 nitrogen and oxygen atoms in total. The predicted octanol–water partition coefficient (Wildman–Crippen LogP) is 2.58. The molecule has 0 aromatic heterocycles. The molecule has 2 N–H and O–H groups in total. The van der Waals surface area contributed by atoms with Crippen molar-refractivity contribution < 1.29 is 9.47 Å². The highest BCUT2D eigenvalue weighted by atomic mass is 16.5. The minimum atomic E-state index is -0.209. The molecule has 2 heterocycles. The van der Waals surface area contributed by atoms with Crippen molar-refractivity contribution in [1.82, 2.24) is 0 Å². The van der Waals surface area contributed by atoms with Crippen LogP contribution in [0.25, 0.3) is 0 Å². The van der Waals surface area contributed by atoms with Gasteiger partial charge in [0.25, 0.3) is 0 Å². The van der Waals surface area contributed by atoms with Gasteiger partial charge in [-0.15, -0.1) is 0 Å². The van der Waals surface area contributed by atoms with Crippen LogP contribution in [0.1, 0.15) is 43.9 Å². The van der Waals surface area contributed by atoms with Gasteiger partial charge in [-0.1, -0.05) is 12.1 Å². The summed E-state index contributed by atoms with van der Waals surface area (Å²) in [6.07, 6.45) is 3.41. The van der Waals surface area contributed by atoms with E-state index in [4.69, 9.17) is 15.2 Å². The van der Waals surface area contributed by atoms with Gasteiger partial charge in [0, 0.05) is 13.0 Å². The van der Waals surface area contributed by atoms with Gasteiger partial charge in [-0.25, -0.2) is 0 Å². The largest absolute Gasteiger partial charge is 0.490 e. The van der Waals surface area contributed by atoms with Gasteiger partial charge in [0.1, 0.15) is 11.9 Å². The van der Waals surface area contributed by atoms with Gasteiger partial charge in [0.2, 0.25) is 0 Å². The van der Waals surface area contributed by atoms with E-state index in [9.17, 15) is 0 Å². The van der Waals surface area contributed by atoms with Gasteiger partial charge in [-0.05, 0) is 43.9 Å². The standard InChI is InChI=1S/C15H21NO2/c1-10-8-12-9-11(4-5-13(12)18-10)14(16)15(2)6-3-7-17-15/h4-5,9-10,14H,3,6-8,16H2,1-2H3. The van der Waals surface area contributed by atoms with Crippen molar-refractivity contribution in [2.75, 3.05) is 6.61 Å². The van der Waals surface area contributed by atoms with Crippen LogP contribution in [0.15, 0.2) is 18.2 Å². The maximum Gasteiger partial charge on any atom is 0.123 e. The van der Waals surface area contributed by atoms with Gasteiger partial charge in [-0.2, -0.15) is 0 Å². The zero-order valence-electron chi connectivity index (χ0n) is 11.1. The van der Waals surface area contributed by atoms with Crippen LogP contribution in [0.5, 0.6) is 5.75 Å². The molecule has 0 bridgehead atoms. The summed E-state index contributed by atoms with van der Waals surface area (Å²) in [4.78, 5) is 0. The van der Waals surface area contributed by atoms with Crippen molar-refractivity contribution in [3.8, 4) is 5.75 Å². The molecule has 0 saturated carbocycles. The molecule has 3 heteroatoms. The van der Waals surface area contributed by atoms with E-state index in [1.165, 1.54) is 5.56 Å². The minimum Gasteiger partial charge on any atom is -0.490 e. The van der Waals surface area contributed by atoms with Crippen LogP contribution in [0.2, 0.25) is 0 Å². The molecular formula is C15H21NO2. The smallest absolute Gasteiger partial charge is 0.123 e. The third kappa shape index (κ3) is 1.91. The van der Waals surface area contributed by atoms with Crippen LogP contribution in [0.3, 0.4) is 0 Å². The highest BCUT2D eigenvalue weighted by Crippen LogP contribution is 2.38. The third-order valence-corrected chi connectivity index (χ3v) is 4.19. The number of hydrogen-bond acceptors (Lipinski definition) is 3. The molecule has 0 radical (unpaired) electrons. The number of hydrogen-bond donors (Lipinski definition) is 1. The number of ether oxygens (including phenoxy) is 2. The Hall–Kier alpha value is -1.06. The van der Waals surface area contributed by atoms with E-state index < -0.39 is 0 Å². The molecule has 3 atom stereocenters. The lowest BCUT2D eigenvalue weighted by Gasteiger charge is -2.30. The third-order valence-electron chi connectivity index (χ3n) is 4.19. The van der Waals surface area contributed by atoms with Crippen molar-refractivity contribution in [3.05, 3.63) is 29.3 Å². The molecule has 18 heavy (non-hydrogen) atoms. The molecule has 98 valence electrons. The van der Waals surface area contributed by atoms with E-state index in [0.29, 0.717) is 0 Å². The molecule has 0 spiro atoms. The monoisotopic (exact) mass is 247 g/mol. The van der Waals surface area contributed by atoms with Gasteiger partial charge >= 0.3 is 0 Å². The summed E-state index contributed by atoms with van der Waals surface area (Å²) in [5, 5.41) is 0. The van der Waals surface area contributed by atoms with Crippen LogP contribution in [-0.4, -0.2) is 18.3 Å². The molecule has 3 unspecified atom stereocenters. The molecule has 1 aromatic carbocycles. The Morgan fingerprint density at radius 1 is 1.44 bits per heavy atom. The Kier molecular flexibility index (Phi) is 2.83. The lowest BCUT2D eigenvalue weighted by atomic mass is 9.87. The van der Waals surface area contributed by atoms with Crippen LogP contribution in [0, 0.1) is 0 Å². The Bertz CT molecular complexity index is 452. The number of benzene rings is 1. The fourth-order valence-electron chi connectivity index (χ4n) is 3.03. The molecular weight excluding hydrogens is 226 g/mol. The molecule has 0 amide bonds. The van der Waals surface area contributed by atoms with Crippen LogP contribution in [0.4, 0.5) is 0 Å². The van der Waals surface area contributed by atoms with Crippen molar-refractivity contribution >= 4 is 0 Å². The molecule has 3 rings (SSSR count). The second kappa shape index (κ2) is 4.25. The Morgan fingerprint density at radius 3 is 3.00 bits per heavy atom. The first-order chi connectivity index (χ1) is 8.58. The SMILES string of the molecule is CC1Cc2cc(C(N)C3(C)CCCO3)ccc2O1. The van der Waals surface area contributed by atoms with E-state index in [1.807, 2.05) is 6.07 Å². The fraction of sp³-hybridized carbons (Fsp3) is 0.600. The Labute approximate surface area is 108 Å². The minimum absolute atomic E-state index is 0.0544. The van der Waals surface area contributed by atoms with Crippen molar-refractivity contribution in [1.29, 1.82) is 0 Å². The number of rotatable bonds is 2. The van der Waals surface area contributed by atoms with Crippen molar-refractivity contribution in [3.63, 3.8) is 0 Å². The Morgan fingerprint density at radius 2 is 2.28 bits per heavy atom. The summed E-state index contributed by atoms with van der Waals surface area (Å²) < 4.78 is 11.6. The summed E-state index contributed by atoms with van der Waals surface area (Å²) in [6, 6.07) is 6.26. The summed E-state index contributed by atoms with van der Waals surface area (Å²) in [5.74, 6) is 1.01. The molecule has 2 aliphatic heterocycles. The average Bonchev–Trinajstić information content (AvgIpc) is 2.93. The fourth-order valence-corrected chi connectivity index (χ4v) is 3.03. The van der Waals surface area contributed by atoms with Gasteiger partial charge in [0.05, 0.1) is 11.6 Å². The van der Waals surface area contributed by atoms with Crippen LogP contribution < -0.4 is 10.5 Å². The van der Waals surface area contributed by atoms with E-state index >= 15 is 0 Å². The number of fused-ring (bicyclic) bond motifs is 1. The van der Waals surface area contributed by atoms with E-state index in [1.54, 1.807) is 0 Å². The van der Waals surface area contributed by atoms with Gasteiger partial charge in [0.15, 0.2) is 0 Å². The summed E-state index contributed by atoms with van der Waals surface area (Å²) in [5.41, 5.74) is 8.63. The van der Waals surface area contributed by atoms with Crippen molar-refractivity contribution in [2.24, 2.45) is 5.73 Å². The molecule has 1 aromatic rings. The average molecular weight is 247 g/mol. The van der Waals surface area contributed by atoms with E-state index in [-0.39, 0.29) is 17.7 Å². The van der Waals surface area contributed by atoms with E-state index in [0.717, 1.165) is 37.2 Å². The van der Waals surface area contributed by atoms with E-state index in [2.05, 4.69) is 26.0 Å². The first-order valence-corrected chi connectivity index (χ1v) is 6.77. The second-order valence-electron chi connectivity index (χ2n) is 5.74. The van der Waals surface area contributed by atoms with Crippen LogP contribution in [-0.2, 0) is 11.2 Å². The lowest BCUT2D eigenvalue weighted by molar-refractivity contribution is -0.00175. The molecule has 2 aliphatic rings. The summed E-state index contributed by atoms with van der Waals surface area (Å²) in [6.45, 7) is 5.05. The first-order valence-electron chi connectivity index (χ1n) is 6.77. The predicted molar refractivity (Wildman–Crippen MR) is 70.8 cm³/mol. The Balaban J connectivity index is 1.87. The topological polar surface area (TPSA) is 44.5 Å². The summed E-state index contributed by atoms with van der Waals surface area (Å²) >= 11 is 0. The molecule has 1 fully saturated rings. The lowest BCUT2D eigenvalue weighted by Crippen LogP contribution is -2.37. The van der Waals surface area contributed by atoms with Gasteiger partial charge < -0.3 is 15.2 Å². The van der Waals surface area contributed by atoms with Gasteiger partial charge in [-0.3, -0.25) is 0 Å². The first kappa shape index (κ1) is 12.0. The highest BCUT2D eigenvalue weighted by molar-refractivity contribution is 5.42. The molecule has 1 saturated heterocycles.